The predicted molar refractivity (Wildman–Crippen MR) is 229 cm³/mol. The van der Waals surface area contributed by atoms with Crippen LogP contribution < -0.4 is 0 Å². The Balaban J connectivity index is 2.37. The molecule has 1 rings (SSSR count). The summed E-state index contributed by atoms with van der Waals surface area (Å²) in [5.41, 5.74) is 0. The summed E-state index contributed by atoms with van der Waals surface area (Å²) in [5, 5.41) is 40.1. The van der Waals surface area contributed by atoms with Gasteiger partial charge in [0.1, 0.15) is 31.0 Å². The number of rotatable bonds is 37. The van der Waals surface area contributed by atoms with Crippen LogP contribution >= 0.6 is 0 Å². The van der Waals surface area contributed by atoms with Crippen molar-refractivity contribution < 1.29 is 49.0 Å². The van der Waals surface area contributed by atoms with E-state index < -0.39 is 55.4 Å². The Morgan fingerprint density at radius 2 is 0.982 bits per heavy atom. The quantitative estimate of drug-likeness (QED) is 0.0271. The lowest BCUT2D eigenvalue weighted by Crippen LogP contribution is -2.59. The Bertz CT molecular complexity index is 1070. The average Bonchev–Trinajstić information content (AvgIpc) is 3.21. The molecule has 0 spiro atoms. The number of carbonyl (C=O) groups is 2. The molecule has 10 heteroatoms. The van der Waals surface area contributed by atoms with E-state index in [1.165, 1.54) is 83.5 Å². The van der Waals surface area contributed by atoms with E-state index in [-0.39, 0.29) is 26.1 Å². The smallest absolute Gasteiger partial charge is 0.306 e. The molecule has 0 saturated carbocycles. The van der Waals surface area contributed by atoms with Crippen molar-refractivity contribution in [2.75, 3.05) is 19.8 Å². The van der Waals surface area contributed by atoms with Crippen molar-refractivity contribution in [1.82, 2.24) is 0 Å². The molecule has 0 aromatic heterocycles. The van der Waals surface area contributed by atoms with Crippen LogP contribution in [0, 0.1) is 0 Å². The van der Waals surface area contributed by atoms with E-state index in [2.05, 4.69) is 62.5 Å². The van der Waals surface area contributed by atoms with Gasteiger partial charge in [0.25, 0.3) is 0 Å². The second kappa shape index (κ2) is 37.9. The maximum absolute atomic E-state index is 12.8. The van der Waals surface area contributed by atoms with Crippen molar-refractivity contribution in [1.29, 1.82) is 0 Å². The molecule has 6 atom stereocenters. The SMILES string of the molecule is CCCCC/C=C/C/C=C/C/C=C/CCCCCCC(=O)O[C@H](COC(=O)CCCC/C=C/CCCCCCCCCCC)CO[C@@H]1O[C@H](CO)[C@H](O)C(O)C1O. The molecule has 0 aromatic carbocycles. The van der Waals surface area contributed by atoms with E-state index in [0.29, 0.717) is 12.8 Å². The first kappa shape index (κ1) is 52.7. The minimum atomic E-state index is -1.60. The minimum Gasteiger partial charge on any atom is -0.462 e. The van der Waals surface area contributed by atoms with E-state index in [9.17, 15) is 30.0 Å². The number of aliphatic hydroxyl groups is 4. The third kappa shape index (κ3) is 29.5. The topological polar surface area (TPSA) is 152 Å². The lowest BCUT2D eigenvalue weighted by molar-refractivity contribution is -0.305. The Labute approximate surface area is 346 Å². The molecule has 10 nitrogen and oxygen atoms in total. The van der Waals surface area contributed by atoms with Gasteiger partial charge in [-0.3, -0.25) is 9.59 Å². The molecule has 57 heavy (non-hydrogen) atoms. The summed E-state index contributed by atoms with van der Waals surface area (Å²) in [7, 11) is 0. The summed E-state index contributed by atoms with van der Waals surface area (Å²) < 4.78 is 22.1. The van der Waals surface area contributed by atoms with Crippen molar-refractivity contribution in [3.8, 4) is 0 Å². The van der Waals surface area contributed by atoms with Crippen LogP contribution in [0.5, 0.6) is 0 Å². The van der Waals surface area contributed by atoms with Gasteiger partial charge in [-0.15, -0.1) is 0 Å². The molecular formula is C47H82O10. The molecule has 4 N–H and O–H groups in total. The fourth-order valence-corrected chi connectivity index (χ4v) is 6.54. The second-order valence-corrected chi connectivity index (χ2v) is 15.5. The van der Waals surface area contributed by atoms with Crippen LogP contribution in [0.4, 0.5) is 0 Å². The number of aliphatic hydroxyl groups excluding tert-OH is 4. The largest absolute Gasteiger partial charge is 0.462 e. The van der Waals surface area contributed by atoms with E-state index in [0.717, 1.165) is 57.8 Å². The molecule has 1 heterocycles. The van der Waals surface area contributed by atoms with Gasteiger partial charge in [0.15, 0.2) is 12.4 Å². The zero-order chi connectivity index (χ0) is 41.6. The van der Waals surface area contributed by atoms with Crippen molar-refractivity contribution in [3.05, 3.63) is 48.6 Å². The molecule has 0 radical (unpaired) electrons. The van der Waals surface area contributed by atoms with E-state index >= 15 is 0 Å². The molecule has 0 amide bonds. The fourth-order valence-electron chi connectivity index (χ4n) is 6.54. The number of hydrogen-bond donors (Lipinski definition) is 4. The summed E-state index contributed by atoms with van der Waals surface area (Å²) in [5.74, 6) is -0.858. The van der Waals surface area contributed by atoms with Crippen LogP contribution in [0.25, 0.3) is 0 Å². The predicted octanol–water partition coefficient (Wildman–Crippen LogP) is 9.67. The molecule has 1 saturated heterocycles. The first-order valence-electron chi connectivity index (χ1n) is 22.7. The summed E-state index contributed by atoms with van der Waals surface area (Å²) in [6, 6.07) is 0. The number of hydrogen-bond acceptors (Lipinski definition) is 10. The van der Waals surface area contributed by atoms with Crippen LogP contribution in [0.1, 0.15) is 181 Å². The van der Waals surface area contributed by atoms with Crippen molar-refractivity contribution in [3.63, 3.8) is 0 Å². The number of carbonyl (C=O) groups excluding carboxylic acids is 2. The van der Waals surface area contributed by atoms with Gasteiger partial charge in [-0.05, 0) is 77.0 Å². The third-order valence-corrected chi connectivity index (χ3v) is 10.2. The highest BCUT2D eigenvalue weighted by atomic mass is 16.7. The van der Waals surface area contributed by atoms with Crippen LogP contribution in [-0.4, -0.2) is 89.0 Å². The summed E-state index contributed by atoms with van der Waals surface area (Å²) in [6.45, 7) is 3.35. The summed E-state index contributed by atoms with van der Waals surface area (Å²) >= 11 is 0. The number of unbranched alkanes of at least 4 members (excludes halogenated alkanes) is 18. The Kier molecular flexibility index (Phi) is 35.0. The zero-order valence-corrected chi connectivity index (χ0v) is 35.8. The molecule has 1 aliphatic rings. The van der Waals surface area contributed by atoms with Crippen LogP contribution in [0.15, 0.2) is 48.6 Å². The van der Waals surface area contributed by atoms with E-state index in [1.54, 1.807) is 0 Å². The van der Waals surface area contributed by atoms with Crippen LogP contribution in [0.3, 0.4) is 0 Å². The van der Waals surface area contributed by atoms with Gasteiger partial charge in [0.05, 0.1) is 13.2 Å². The van der Waals surface area contributed by atoms with Crippen molar-refractivity contribution in [2.45, 2.75) is 218 Å². The lowest BCUT2D eigenvalue weighted by atomic mass is 9.99. The zero-order valence-electron chi connectivity index (χ0n) is 35.8. The maximum Gasteiger partial charge on any atom is 0.306 e. The number of ether oxygens (including phenoxy) is 4. The summed E-state index contributed by atoms with van der Waals surface area (Å²) in [6.07, 6.45) is 36.9. The van der Waals surface area contributed by atoms with Crippen molar-refractivity contribution >= 4 is 11.9 Å². The highest BCUT2D eigenvalue weighted by Crippen LogP contribution is 2.22. The molecule has 0 aliphatic carbocycles. The highest BCUT2D eigenvalue weighted by molar-refractivity contribution is 5.70. The number of allylic oxidation sites excluding steroid dienone is 8. The van der Waals surface area contributed by atoms with Gasteiger partial charge in [0.2, 0.25) is 0 Å². The van der Waals surface area contributed by atoms with Crippen LogP contribution in [-0.2, 0) is 28.5 Å². The highest BCUT2D eigenvalue weighted by Gasteiger charge is 2.44. The Hall–Kier alpha value is -2.34. The van der Waals surface area contributed by atoms with Crippen LogP contribution in [0.2, 0.25) is 0 Å². The monoisotopic (exact) mass is 807 g/mol. The molecule has 1 fully saturated rings. The van der Waals surface area contributed by atoms with Gasteiger partial charge in [-0.2, -0.15) is 0 Å². The lowest BCUT2D eigenvalue weighted by Gasteiger charge is -2.39. The second-order valence-electron chi connectivity index (χ2n) is 15.5. The fraction of sp³-hybridized carbons (Fsp3) is 0.787. The molecule has 0 aromatic rings. The molecule has 2 unspecified atom stereocenters. The Morgan fingerprint density at radius 1 is 0.544 bits per heavy atom. The molecule has 0 bridgehead atoms. The molecular weight excluding hydrogens is 725 g/mol. The molecule has 330 valence electrons. The van der Waals surface area contributed by atoms with Gasteiger partial charge in [-0.25, -0.2) is 0 Å². The van der Waals surface area contributed by atoms with Gasteiger partial charge < -0.3 is 39.4 Å². The van der Waals surface area contributed by atoms with Gasteiger partial charge in [0, 0.05) is 12.8 Å². The standard InChI is InChI=1S/C47H82O10/c1-3-5-7-9-11-13-15-17-19-20-22-24-26-28-30-32-34-36-43(50)56-40(39-55-47-46(53)45(52)44(51)41(37-48)57-47)38-54-42(49)35-33-31-29-27-25-23-21-18-16-14-12-10-8-6-4-2/h11,13,17,19,22,24-25,27,40-41,44-48,51-53H,3-10,12,14-16,18,20-21,23,26,28-39H2,1-2H3/b13-11+,19-17+,24-22+,27-25+/t40-,41-,44+,45?,46?,47-/m1/s1. The van der Waals surface area contributed by atoms with Gasteiger partial charge in [-0.1, -0.05) is 140 Å². The average molecular weight is 807 g/mol. The first-order chi connectivity index (χ1) is 27.8. The van der Waals surface area contributed by atoms with E-state index in [1.807, 2.05) is 0 Å². The third-order valence-electron chi connectivity index (χ3n) is 10.2. The maximum atomic E-state index is 12.8. The van der Waals surface area contributed by atoms with E-state index in [4.69, 9.17) is 18.9 Å². The Morgan fingerprint density at radius 3 is 1.56 bits per heavy atom. The molecule has 1 aliphatic heterocycles. The minimum absolute atomic E-state index is 0.199. The normalized spacial score (nSPS) is 20.7. The van der Waals surface area contributed by atoms with Crippen molar-refractivity contribution in [2.24, 2.45) is 0 Å². The number of esters is 2. The first-order valence-corrected chi connectivity index (χ1v) is 22.7. The summed E-state index contributed by atoms with van der Waals surface area (Å²) in [4.78, 5) is 25.3. The van der Waals surface area contributed by atoms with Gasteiger partial charge >= 0.3 is 11.9 Å².